The monoisotopic (exact) mass is 404 g/mol. The molecule has 0 aliphatic carbocycles. The largest absolute Gasteiger partial charge is 0.497 e. The van der Waals surface area contributed by atoms with Gasteiger partial charge >= 0.3 is 5.97 Å². The van der Waals surface area contributed by atoms with Crippen LogP contribution in [0.1, 0.15) is 30.9 Å². The van der Waals surface area contributed by atoms with Gasteiger partial charge < -0.3 is 19.5 Å². The lowest BCUT2D eigenvalue weighted by molar-refractivity contribution is 0.0162. The molecule has 1 aliphatic heterocycles. The summed E-state index contributed by atoms with van der Waals surface area (Å²) in [6.07, 6.45) is 0. The molecule has 1 amide bonds. The second-order valence-electron chi connectivity index (χ2n) is 6.30. The molecule has 0 spiro atoms. The molecule has 1 fully saturated rings. The van der Waals surface area contributed by atoms with Gasteiger partial charge in [0, 0.05) is 19.6 Å². The molecule has 1 atom stereocenters. The van der Waals surface area contributed by atoms with E-state index in [-0.39, 0.29) is 11.9 Å². The molecule has 2 heterocycles. The molecule has 1 saturated heterocycles. The minimum absolute atomic E-state index is 0.0267. The number of nitrogens with zero attached hydrogens (tertiary/aromatic N) is 1. The van der Waals surface area contributed by atoms with Crippen molar-refractivity contribution in [1.29, 1.82) is 0 Å². The van der Waals surface area contributed by atoms with Gasteiger partial charge in [0.2, 0.25) is 0 Å². The molecule has 0 bridgehead atoms. The fourth-order valence-corrected chi connectivity index (χ4v) is 3.96. The van der Waals surface area contributed by atoms with Crippen LogP contribution in [0.4, 0.5) is 0 Å². The first kappa shape index (κ1) is 20.3. The van der Waals surface area contributed by atoms with Gasteiger partial charge in [0.1, 0.15) is 10.6 Å². The summed E-state index contributed by atoms with van der Waals surface area (Å²) in [5, 5.41) is 3.00. The average Bonchev–Trinajstić information content (AvgIpc) is 3.25. The summed E-state index contributed by atoms with van der Waals surface area (Å²) < 4.78 is 15.4. The molecular weight excluding hydrogens is 380 g/mol. The van der Waals surface area contributed by atoms with E-state index in [2.05, 4.69) is 10.2 Å². The number of thiophene rings is 1. The van der Waals surface area contributed by atoms with Gasteiger partial charge in [-0.15, -0.1) is 11.3 Å². The number of nitrogens with one attached hydrogen (secondary N) is 1. The van der Waals surface area contributed by atoms with Crippen LogP contribution in [-0.2, 0) is 9.47 Å². The van der Waals surface area contributed by atoms with E-state index in [9.17, 15) is 9.59 Å². The van der Waals surface area contributed by atoms with Crippen LogP contribution in [0.25, 0.3) is 0 Å². The molecule has 1 aromatic carbocycles. The van der Waals surface area contributed by atoms with Crippen molar-refractivity contribution in [3.8, 4) is 5.75 Å². The molecule has 1 unspecified atom stereocenters. The fourth-order valence-electron chi connectivity index (χ4n) is 3.12. The summed E-state index contributed by atoms with van der Waals surface area (Å²) in [7, 11) is 2.96. The Labute approximate surface area is 168 Å². The molecule has 1 N–H and O–H groups in total. The third-order valence-corrected chi connectivity index (χ3v) is 5.72. The van der Waals surface area contributed by atoms with Gasteiger partial charge in [-0.05, 0) is 29.8 Å². The van der Waals surface area contributed by atoms with E-state index in [4.69, 9.17) is 14.2 Å². The number of rotatable bonds is 7. The van der Waals surface area contributed by atoms with E-state index in [1.54, 1.807) is 19.2 Å². The molecule has 0 radical (unpaired) electrons. The first-order chi connectivity index (χ1) is 13.6. The SMILES string of the molecule is COC(=O)c1ccc(C(=O)NCC(c2ccc(OC)cc2)N2CCOCC2)s1. The van der Waals surface area contributed by atoms with Gasteiger partial charge in [-0.3, -0.25) is 9.69 Å². The number of carbonyl (C=O) groups is 2. The lowest BCUT2D eigenvalue weighted by atomic mass is 10.0. The first-order valence-corrected chi connectivity index (χ1v) is 9.86. The Morgan fingerprint density at radius 2 is 1.79 bits per heavy atom. The Kier molecular flexibility index (Phi) is 7.02. The van der Waals surface area contributed by atoms with Gasteiger partial charge in [0.15, 0.2) is 0 Å². The standard InChI is InChI=1S/C20H24N2O5S/c1-25-15-5-3-14(4-6-15)16(22-9-11-27-12-10-22)13-21-19(23)17-7-8-18(28-17)20(24)26-2/h3-8,16H,9-13H2,1-2H3,(H,21,23). The molecule has 7 nitrogen and oxygen atoms in total. The van der Waals surface area contributed by atoms with Gasteiger partial charge in [-0.25, -0.2) is 4.79 Å². The number of amides is 1. The van der Waals surface area contributed by atoms with Crippen molar-refractivity contribution in [3.05, 3.63) is 51.7 Å². The van der Waals surface area contributed by atoms with Crippen LogP contribution in [0.15, 0.2) is 36.4 Å². The van der Waals surface area contributed by atoms with Gasteiger partial charge in [0.05, 0.1) is 38.4 Å². The van der Waals surface area contributed by atoms with Crippen LogP contribution in [0.2, 0.25) is 0 Å². The van der Waals surface area contributed by atoms with Crippen molar-refractivity contribution >= 4 is 23.2 Å². The maximum atomic E-state index is 12.6. The van der Waals surface area contributed by atoms with Gasteiger partial charge in [-0.2, -0.15) is 0 Å². The molecule has 3 rings (SSSR count). The molecule has 1 aliphatic rings. The Bertz CT molecular complexity index is 799. The topological polar surface area (TPSA) is 77.1 Å². The minimum atomic E-state index is -0.437. The second kappa shape index (κ2) is 9.68. The van der Waals surface area contributed by atoms with Crippen molar-refractivity contribution in [3.63, 3.8) is 0 Å². The number of morpholine rings is 1. The van der Waals surface area contributed by atoms with E-state index < -0.39 is 5.97 Å². The maximum absolute atomic E-state index is 12.6. The van der Waals surface area contributed by atoms with Crippen LogP contribution >= 0.6 is 11.3 Å². The van der Waals surface area contributed by atoms with Gasteiger partial charge in [0.25, 0.3) is 5.91 Å². The average molecular weight is 404 g/mol. The van der Waals surface area contributed by atoms with Crippen molar-refractivity contribution < 1.29 is 23.8 Å². The first-order valence-electron chi connectivity index (χ1n) is 9.04. The highest BCUT2D eigenvalue weighted by Crippen LogP contribution is 2.24. The van der Waals surface area contributed by atoms with Crippen LogP contribution in [0.3, 0.4) is 0 Å². The third-order valence-electron chi connectivity index (χ3n) is 4.66. The Morgan fingerprint density at radius 1 is 1.11 bits per heavy atom. The number of hydrogen-bond donors (Lipinski definition) is 1. The number of ether oxygens (including phenoxy) is 3. The molecule has 0 saturated carbocycles. The normalized spacial score (nSPS) is 15.6. The Balaban J connectivity index is 1.70. The zero-order valence-corrected chi connectivity index (χ0v) is 16.8. The number of methoxy groups -OCH3 is 2. The predicted molar refractivity (Wildman–Crippen MR) is 106 cm³/mol. The Morgan fingerprint density at radius 3 is 2.43 bits per heavy atom. The summed E-state index contributed by atoms with van der Waals surface area (Å²) in [5.74, 6) is 0.155. The molecule has 150 valence electrons. The van der Waals surface area contributed by atoms with E-state index in [1.807, 2.05) is 24.3 Å². The van der Waals surface area contributed by atoms with E-state index in [0.717, 1.165) is 35.7 Å². The third kappa shape index (κ3) is 4.89. The smallest absolute Gasteiger partial charge is 0.348 e. The lowest BCUT2D eigenvalue weighted by Gasteiger charge is -2.35. The number of esters is 1. The van der Waals surface area contributed by atoms with Crippen LogP contribution < -0.4 is 10.1 Å². The highest BCUT2D eigenvalue weighted by atomic mass is 32.1. The van der Waals surface area contributed by atoms with Crippen molar-refractivity contribution in [2.24, 2.45) is 0 Å². The molecule has 1 aromatic heterocycles. The molecular formula is C20H24N2O5S. The number of benzene rings is 1. The summed E-state index contributed by atoms with van der Waals surface area (Å²) in [6, 6.07) is 11.2. The summed E-state index contributed by atoms with van der Waals surface area (Å²) >= 11 is 1.12. The van der Waals surface area contributed by atoms with Gasteiger partial charge in [-0.1, -0.05) is 12.1 Å². The summed E-state index contributed by atoms with van der Waals surface area (Å²) in [6.45, 7) is 3.41. The molecule has 8 heteroatoms. The minimum Gasteiger partial charge on any atom is -0.497 e. The van der Waals surface area contributed by atoms with Crippen LogP contribution in [0, 0.1) is 0 Å². The molecule has 2 aromatic rings. The lowest BCUT2D eigenvalue weighted by Crippen LogP contribution is -2.43. The molecule has 28 heavy (non-hydrogen) atoms. The van der Waals surface area contributed by atoms with Crippen LogP contribution in [0.5, 0.6) is 5.75 Å². The zero-order chi connectivity index (χ0) is 19.9. The van der Waals surface area contributed by atoms with E-state index in [0.29, 0.717) is 29.5 Å². The van der Waals surface area contributed by atoms with E-state index >= 15 is 0 Å². The Hall–Kier alpha value is -2.42. The number of carbonyl (C=O) groups excluding carboxylic acids is 2. The van der Waals surface area contributed by atoms with Crippen molar-refractivity contribution in [2.75, 3.05) is 47.1 Å². The summed E-state index contributed by atoms with van der Waals surface area (Å²) in [5.41, 5.74) is 1.10. The fraction of sp³-hybridized carbons (Fsp3) is 0.400. The van der Waals surface area contributed by atoms with Crippen LogP contribution in [-0.4, -0.2) is 63.8 Å². The van der Waals surface area contributed by atoms with Crippen molar-refractivity contribution in [2.45, 2.75) is 6.04 Å². The summed E-state index contributed by atoms with van der Waals surface area (Å²) in [4.78, 5) is 27.4. The van der Waals surface area contributed by atoms with Crippen molar-refractivity contribution in [1.82, 2.24) is 10.2 Å². The quantitative estimate of drug-likeness (QED) is 0.714. The second-order valence-corrected chi connectivity index (χ2v) is 7.39. The predicted octanol–water partition coefficient (Wildman–Crippen LogP) is 2.35. The highest BCUT2D eigenvalue weighted by Gasteiger charge is 2.24. The highest BCUT2D eigenvalue weighted by molar-refractivity contribution is 7.15. The zero-order valence-electron chi connectivity index (χ0n) is 16.0. The van der Waals surface area contributed by atoms with E-state index in [1.165, 1.54) is 7.11 Å². The number of hydrogen-bond acceptors (Lipinski definition) is 7. The maximum Gasteiger partial charge on any atom is 0.348 e.